The molecule has 0 aliphatic rings. The second-order valence-electron chi connectivity index (χ2n) is 10.0. The van der Waals surface area contributed by atoms with Crippen LogP contribution in [-0.4, -0.2) is 57.9 Å². The van der Waals surface area contributed by atoms with Crippen LogP contribution in [0.4, 0.5) is 26.0 Å². The van der Waals surface area contributed by atoms with Crippen LogP contribution in [0.1, 0.15) is 17.9 Å². The second kappa shape index (κ2) is 11.5. The van der Waals surface area contributed by atoms with E-state index in [1.807, 2.05) is 36.0 Å². The Kier molecular flexibility index (Phi) is 7.79. The van der Waals surface area contributed by atoms with Crippen LogP contribution in [0.25, 0.3) is 38.7 Å². The maximum absolute atomic E-state index is 16.4. The average molecular weight is 585 g/mol. The number of carbonyl (C=O) groups excluding carboxylic acids is 1. The zero-order valence-electron chi connectivity index (χ0n) is 22.8. The molecule has 43 heavy (non-hydrogen) atoms. The first-order chi connectivity index (χ1) is 20.2. The molecule has 0 atom stereocenters. The molecule has 0 aliphatic carbocycles. The van der Waals surface area contributed by atoms with Crippen LogP contribution in [0.3, 0.4) is 0 Å². The summed E-state index contributed by atoms with van der Waals surface area (Å²) in [4.78, 5) is 20.4. The fourth-order valence-electron chi connectivity index (χ4n) is 4.93. The van der Waals surface area contributed by atoms with Crippen molar-refractivity contribution in [3.8, 4) is 16.8 Å². The highest BCUT2D eigenvalue weighted by atomic mass is 19.1. The molecular weight excluding hydrogens is 554 g/mol. The molecule has 0 fully saturated rings. The van der Waals surface area contributed by atoms with E-state index in [2.05, 4.69) is 15.2 Å². The number of nitrogen functional groups attached to an aromatic ring is 1. The Morgan fingerprint density at radius 3 is 2.47 bits per heavy atom. The minimum absolute atomic E-state index is 0. The number of pyridine rings is 1. The summed E-state index contributed by atoms with van der Waals surface area (Å²) in [5, 5.41) is 8.72. The molecule has 0 spiro atoms. The molecule has 0 bridgehead atoms. The Morgan fingerprint density at radius 2 is 1.77 bits per heavy atom. The number of hydrogen-bond donors (Lipinski definition) is 2. The van der Waals surface area contributed by atoms with Gasteiger partial charge in [0.2, 0.25) is 0 Å². The summed E-state index contributed by atoms with van der Waals surface area (Å²) in [7, 11) is 3.91. The number of halogens is 2. The number of amides is 1. The predicted molar refractivity (Wildman–Crippen MR) is 163 cm³/mol. The quantitative estimate of drug-likeness (QED) is 0.239. The van der Waals surface area contributed by atoms with Gasteiger partial charge in [-0.3, -0.25) is 9.78 Å². The van der Waals surface area contributed by atoms with Gasteiger partial charge in [0.05, 0.1) is 23.0 Å². The molecule has 0 saturated heterocycles. The lowest BCUT2D eigenvalue weighted by molar-refractivity contribution is 0.0996. The summed E-state index contributed by atoms with van der Waals surface area (Å²) >= 11 is 0. The lowest BCUT2D eigenvalue weighted by Gasteiger charge is -2.26. The molecule has 10 nitrogen and oxygen atoms in total. The number of nitrogens with two attached hydrogens (primary N) is 2. The third-order valence-corrected chi connectivity index (χ3v) is 7.03. The molecule has 0 saturated carbocycles. The van der Waals surface area contributed by atoms with Gasteiger partial charge >= 0.3 is 0 Å². The first kappa shape index (κ1) is 29.1. The van der Waals surface area contributed by atoms with E-state index in [-0.39, 0.29) is 41.0 Å². The largest absolute Gasteiger partial charge is 0.380 e. The Labute approximate surface area is 246 Å². The summed E-state index contributed by atoms with van der Waals surface area (Å²) in [5.74, 6) is -2.08. The maximum Gasteiger partial charge on any atom is 0.269 e. The highest BCUT2D eigenvalue weighted by Gasteiger charge is 2.24. The van der Waals surface area contributed by atoms with E-state index in [0.29, 0.717) is 35.4 Å². The molecule has 0 radical (unpaired) electrons. The van der Waals surface area contributed by atoms with E-state index in [1.165, 1.54) is 28.9 Å². The topological polar surface area (TPSA) is 132 Å². The van der Waals surface area contributed by atoms with Gasteiger partial charge in [-0.2, -0.15) is 5.10 Å². The standard InChI is InChI=1S/C30H26F2N8O2.CH4/c1-38(2)12-13-39(19-4-3-11-35-16-19)17-5-7-20(24(31)15-17)21-8-9-22-27(30(34)41)36-40(28(22)26(21)32)18-6-10-25-23(14-18)29(33)37-42-25;/h3-11,14-16H,12-13H2,1-2H3,(H2,33,37)(H2,34,41);1H4. The number of nitrogens with zero attached hydrogens (tertiary/aromatic N) is 6. The van der Waals surface area contributed by atoms with Gasteiger partial charge in [0.25, 0.3) is 5.91 Å². The molecule has 1 amide bonds. The van der Waals surface area contributed by atoms with Crippen LogP contribution >= 0.6 is 0 Å². The van der Waals surface area contributed by atoms with Crippen molar-refractivity contribution < 1.29 is 18.1 Å². The third kappa shape index (κ3) is 5.24. The molecule has 3 aromatic carbocycles. The monoisotopic (exact) mass is 584 g/mol. The zero-order chi connectivity index (χ0) is 29.5. The second-order valence-corrected chi connectivity index (χ2v) is 10.0. The summed E-state index contributed by atoms with van der Waals surface area (Å²) in [6, 6.07) is 16.1. The number of aromatic nitrogens is 4. The van der Waals surface area contributed by atoms with Crippen LogP contribution in [0, 0.1) is 11.6 Å². The first-order valence-electron chi connectivity index (χ1n) is 13.0. The number of rotatable bonds is 8. The maximum atomic E-state index is 16.4. The predicted octanol–water partition coefficient (Wildman–Crippen LogP) is 5.52. The number of anilines is 3. The number of benzene rings is 3. The van der Waals surface area contributed by atoms with Crippen LogP contribution in [0.2, 0.25) is 0 Å². The molecule has 0 aliphatic heterocycles. The van der Waals surface area contributed by atoms with Crippen LogP contribution in [0.5, 0.6) is 0 Å². The van der Waals surface area contributed by atoms with Gasteiger partial charge in [-0.1, -0.05) is 18.6 Å². The summed E-state index contributed by atoms with van der Waals surface area (Å²) < 4.78 is 38.6. The summed E-state index contributed by atoms with van der Waals surface area (Å²) in [6.07, 6.45) is 3.38. The lowest BCUT2D eigenvalue weighted by atomic mass is 10.0. The van der Waals surface area contributed by atoms with Gasteiger partial charge in [-0.15, -0.1) is 0 Å². The number of hydrogen-bond acceptors (Lipinski definition) is 8. The zero-order valence-corrected chi connectivity index (χ0v) is 22.8. The van der Waals surface area contributed by atoms with E-state index in [1.54, 1.807) is 36.7 Å². The van der Waals surface area contributed by atoms with Crippen molar-refractivity contribution >= 4 is 45.0 Å². The van der Waals surface area contributed by atoms with Crippen molar-refractivity contribution in [2.75, 3.05) is 37.8 Å². The molecule has 3 aromatic heterocycles. The van der Waals surface area contributed by atoms with E-state index in [0.717, 1.165) is 5.69 Å². The van der Waals surface area contributed by atoms with Crippen molar-refractivity contribution in [1.29, 1.82) is 0 Å². The van der Waals surface area contributed by atoms with Gasteiger partial charge in [0.15, 0.2) is 22.9 Å². The van der Waals surface area contributed by atoms with Gasteiger partial charge in [-0.05, 0) is 68.7 Å². The Morgan fingerprint density at radius 1 is 0.977 bits per heavy atom. The lowest BCUT2D eigenvalue weighted by Crippen LogP contribution is -2.28. The van der Waals surface area contributed by atoms with Gasteiger partial charge in [0.1, 0.15) is 11.3 Å². The molecule has 0 unspecified atom stereocenters. The van der Waals surface area contributed by atoms with Crippen LogP contribution < -0.4 is 16.4 Å². The first-order valence-corrected chi connectivity index (χ1v) is 13.0. The van der Waals surface area contributed by atoms with E-state index in [4.69, 9.17) is 16.0 Å². The van der Waals surface area contributed by atoms with Crippen molar-refractivity contribution in [3.63, 3.8) is 0 Å². The summed E-state index contributed by atoms with van der Waals surface area (Å²) in [6.45, 7) is 1.29. The Hall–Kier alpha value is -5.36. The fraction of sp³-hybridized carbons (Fsp3) is 0.161. The van der Waals surface area contributed by atoms with Crippen molar-refractivity contribution in [3.05, 3.63) is 90.4 Å². The number of likely N-dealkylation sites (N-methyl/N-ethyl adjacent to an activating group) is 1. The normalized spacial score (nSPS) is 11.3. The molecule has 3 heterocycles. The molecule has 12 heteroatoms. The van der Waals surface area contributed by atoms with E-state index in [9.17, 15) is 4.79 Å². The average Bonchev–Trinajstić information content (AvgIpc) is 3.55. The van der Waals surface area contributed by atoms with Crippen molar-refractivity contribution in [2.24, 2.45) is 5.73 Å². The van der Waals surface area contributed by atoms with Crippen LogP contribution in [0.15, 0.2) is 77.6 Å². The number of fused-ring (bicyclic) bond motifs is 2. The summed E-state index contributed by atoms with van der Waals surface area (Å²) in [5.41, 5.74) is 13.6. The smallest absolute Gasteiger partial charge is 0.269 e. The molecule has 4 N–H and O–H groups in total. The number of carbonyl (C=O) groups is 1. The highest BCUT2D eigenvalue weighted by molar-refractivity contribution is 6.05. The van der Waals surface area contributed by atoms with E-state index >= 15 is 8.78 Å². The number of primary amides is 1. The third-order valence-electron chi connectivity index (χ3n) is 7.03. The van der Waals surface area contributed by atoms with Gasteiger partial charge < -0.3 is 25.8 Å². The molecule has 6 aromatic rings. The molecule has 6 rings (SSSR count). The van der Waals surface area contributed by atoms with Crippen molar-refractivity contribution in [1.82, 2.24) is 24.8 Å². The van der Waals surface area contributed by atoms with Crippen molar-refractivity contribution in [2.45, 2.75) is 7.43 Å². The minimum Gasteiger partial charge on any atom is -0.380 e. The van der Waals surface area contributed by atoms with Gasteiger partial charge in [0, 0.05) is 41.5 Å². The fourth-order valence-corrected chi connectivity index (χ4v) is 4.93. The Bertz CT molecular complexity index is 1950. The SMILES string of the molecule is C.CN(C)CCN(c1cccnc1)c1ccc(-c2ccc3c(C(N)=O)nn(-c4ccc5onc(N)c5c4)c3c2F)c(F)c1. The van der Waals surface area contributed by atoms with Crippen LogP contribution in [-0.2, 0) is 0 Å². The Balaban J connectivity index is 0.00000368. The highest BCUT2D eigenvalue weighted by Crippen LogP contribution is 2.36. The molecule has 220 valence electrons. The molecular formula is C31H30F2N8O2. The van der Waals surface area contributed by atoms with E-state index < -0.39 is 17.5 Å². The van der Waals surface area contributed by atoms with Gasteiger partial charge in [-0.25, -0.2) is 13.5 Å². The minimum atomic E-state index is -0.833.